The van der Waals surface area contributed by atoms with Gasteiger partial charge in [0, 0.05) is 18.6 Å². The van der Waals surface area contributed by atoms with Crippen LogP contribution in [0.3, 0.4) is 0 Å². The third-order valence-electron chi connectivity index (χ3n) is 4.56. The van der Waals surface area contributed by atoms with Crippen molar-refractivity contribution in [1.82, 2.24) is 16.0 Å². The van der Waals surface area contributed by atoms with Crippen LogP contribution in [0.4, 0.5) is 0 Å². The molecule has 8 N–H and O–H groups in total. The fourth-order valence-corrected chi connectivity index (χ4v) is 2.88. The topological polar surface area (TPSA) is 208 Å². The quantitative estimate of drug-likeness (QED) is 0.155. The molecule has 33 heavy (non-hydrogen) atoms. The van der Waals surface area contributed by atoms with Gasteiger partial charge in [-0.2, -0.15) is 12.6 Å². The normalized spacial score (nSPS) is 14.3. The maximum Gasteiger partial charge on any atom is 0.326 e. The average molecular weight is 485 g/mol. The van der Waals surface area contributed by atoms with Crippen molar-refractivity contribution in [3.05, 3.63) is 29.8 Å². The van der Waals surface area contributed by atoms with Gasteiger partial charge in [0.1, 0.15) is 23.9 Å². The van der Waals surface area contributed by atoms with E-state index in [0.717, 1.165) is 0 Å². The number of nitrogens with one attached hydrogen (secondary N) is 3. The Bertz CT molecular complexity index is 864. The molecule has 4 atom stereocenters. The van der Waals surface area contributed by atoms with Crippen LogP contribution in [0.25, 0.3) is 0 Å². The van der Waals surface area contributed by atoms with Gasteiger partial charge < -0.3 is 37.0 Å². The fraction of sp³-hybridized carbons (Fsp3) is 0.450. The Labute approximate surface area is 195 Å². The second-order valence-electron chi connectivity index (χ2n) is 7.28. The molecule has 0 saturated heterocycles. The summed E-state index contributed by atoms with van der Waals surface area (Å²) in [5, 5.41) is 34.4. The number of rotatable bonds is 13. The highest BCUT2D eigenvalue weighted by molar-refractivity contribution is 7.80. The number of carbonyl (C=O) groups is 5. The van der Waals surface area contributed by atoms with Crippen LogP contribution in [0.2, 0.25) is 0 Å². The molecule has 0 aliphatic carbocycles. The minimum Gasteiger partial charge on any atom is -0.508 e. The average Bonchev–Trinajstić information content (AvgIpc) is 2.75. The molecule has 1 aromatic rings. The van der Waals surface area contributed by atoms with E-state index in [4.69, 9.17) is 10.8 Å². The van der Waals surface area contributed by atoms with E-state index in [1.807, 2.05) is 0 Å². The van der Waals surface area contributed by atoms with E-state index in [1.54, 1.807) is 0 Å². The van der Waals surface area contributed by atoms with E-state index >= 15 is 0 Å². The Morgan fingerprint density at radius 1 is 0.939 bits per heavy atom. The fourth-order valence-electron chi connectivity index (χ4n) is 2.63. The number of carboxylic acid groups (broad SMARTS) is 2. The van der Waals surface area contributed by atoms with Crippen LogP contribution in [0, 0.1) is 0 Å². The molecule has 1 rings (SSSR count). The van der Waals surface area contributed by atoms with E-state index in [-0.39, 0.29) is 30.8 Å². The second kappa shape index (κ2) is 13.3. The van der Waals surface area contributed by atoms with E-state index in [1.165, 1.54) is 31.2 Å². The van der Waals surface area contributed by atoms with E-state index in [2.05, 4.69) is 28.6 Å². The Morgan fingerprint density at radius 2 is 1.52 bits per heavy atom. The SMILES string of the molecule is CC(NC(=O)C(CS)NC(=O)C(N)CCC(=O)O)C(=O)NC(Cc1ccc(O)cc1)C(=O)O. The molecule has 0 aromatic heterocycles. The van der Waals surface area contributed by atoms with Gasteiger partial charge in [-0.1, -0.05) is 12.1 Å². The Kier molecular flexibility index (Phi) is 11.2. The first-order chi connectivity index (χ1) is 15.4. The molecule has 0 fully saturated rings. The monoisotopic (exact) mass is 484 g/mol. The lowest BCUT2D eigenvalue weighted by molar-refractivity contribution is -0.142. The predicted molar refractivity (Wildman–Crippen MR) is 120 cm³/mol. The Morgan fingerprint density at radius 3 is 2.03 bits per heavy atom. The molecule has 0 aliphatic rings. The van der Waals surface area contributed by atoms with Crippen LogP contribution >= 0.6 is 12.6 Å². The van der Waals surface area contributed by atoms with Gasteiger partial charge in [-0.25, -0.2) is 4.79 Å². The molecule has 0 spiro atoms. The minimum atomic E-state index is -1.29. The zero-order valence-corrected chi connectivity index (χ0v) is 18.7. The molecule has 1 aromatic carbocycles. The zero-order chi connectivity index (χ0) is 25.1. The summed E-state index contributed by atoms with van der Waals surface area (Å²) in [5.41, 5.74) is 6.17. The van der Waals surface area contributed by atoms with Gasteiger partial charge in [-0.15, -0.1) is 0 Å². The number of carbonyl (C=O) groups excluding carboxylic acids is 3. The predicted octanol–water partition coefficient (Wildman–Crippen LogP) is -1.38. The number of aromatic hydroxyl groups is 1. The van der Waals surface area contributed by atoms with Crippen LogP contribution in [0.1, 0.15) is 25.3 Å². The smallest absolute Gasteiger partial charge is 0.326 e. The summed E-state index contributed by atoms with van der Waals surface area (Å²) >= 11 is 4.00. The third kappa shape index (κ3) is 9.78. The van der Waals surface area contributed by atoms with Crippen LogP contribution < -0.4 is 21.7 Å². The maximum atomic E-state index is 12.4. The number of carboxylic acids is 2. The van der Waals surface area contributed by atoms with Gasteiger partial charge >= 0.3 is 11.9 Å². The minimum absolute atomic E-state index is 0.0136. The number of hydrogen-bond acceptors (Lipinski definition) is 8. The molecule has 3 amide bonds. The number of nitrogens with two attached hydrogens (primary N) is 1. The summed E-state index contributed by atoms with van der Waals surface area (Å²) in [4.78, 5) is 59.0. The highest BCUT2D eigenvalue weighted by atomic mass is 32.1. The maximum absolute atomic E-state index is 12.4. The summed E-state index contributed by atoms with van der Waals surface area (Å²) < 4.78 is 0. The summed E-state index contributed by atoms with van der Waals surface area (Å²) in [7, 11) is 0. The number of hydrogen-bond donors (Lipinski definition) is 8. The summed E-state index contributed by atoms with van der Waals surface area (Å²) in [5.74, 6) is -4.79. The molecule has 13 heteroatoms. The van der Waals surface area contributed by atoms with Gasteiger partial charge in [-0.3, -0.25) is 19.2 Å². The van der Waals surface area contributed by atoms with Gasteiger partial charge in [0.15, 0.2) is 0 Å². The zero-order valence-electron chi connectivity index (χ0n) is 17.9. The van der Waals surface area contributed by atoms with E-state index in [0.29, 0.717) is 5.56 Å². The number of benzene rings is 1. The van der Waals surface area contributed by atoms with Gasteiger partial charge in [-0.05, 0) is 31.0 Å². The van der Waals surface area contributed by atoms with Crippen molar-refractivity contribution in [3.8, 4) is 5.75 Å². The van der Waals surface area contributed by atoms with Crippen molar-refractivity contribution in [2.45, 2.75) is 50.4 Å². The molecule has 0 radical (unpaired) electrons. The molecular weight excluding hydrogens is 456 g/mol. The van der Waals surface area contributed by atoms with E-state index < -0.39 is 53.8 Å². The van der Waals surface area contributed by atoms with Crippen molar-refractivity contribution in [2.75, 3.05) is 5.75 Å². The third-order valence-corrected chi connectivity index (χ3v) is 4.93. The van der Waals surface area contributed by atoms with Gasteiger partial charge in [0.05, 0.1) is 6.04 Å². The van der Waals surface area contributed by atoms with Crippen molar-refractivity contribution in [1.29, 1.82) is 0 Å². The number of aliphatic carboxylic acids is 2. The largest absolute Gasteiger partial charge is 0.508 e. The molecule has 0 bridgehead atoms. The van der Waals surface area contributed by atoms with Gasteiger partial charge in [0.2, 0.25) is 17.7 Å². The standard InChI is InChI=1S/C20H28N4O8S/c1-10(17(28)23-14(20(31)32)8-11-2-4-12(25)5-3-11)22-19(30)15(9-33)24-18(29)13(21)6-7-16(26)27/h2-5,10,13-15,25,33H,6-9,21H2,1H3,(H,22,30)(H,23,28)(H,24,29)(H,26,27)(H,31,32). The number of phenols is 1. The lowest BCUT2D eigenvalue weighted by atomic mass is 10.1. The second-order valence-corrected chi connectivity index (χ2v) is 7.65. The van der Waals surface area contributed by atoms with Crippen molar-refractivity contribution in [3.63, 3.8) is 0 Å². The molecule has 0 saturated carbocycles. The van der Waals surface area contributed by atoms with Crippen molar-refractivity contribution >= 4 is 42.3 Å². The van der Waals surface area contributed by atoms with Gasteiger partial charge in [0.25, 0.3) is 0 Å². The molecule has 0 heterocycles. The van der Waals surface area contributed by atoms with Crippen molar-refractivity contribution in [2.24, 2.45) is 5.73 Å². The first-order valence-corrected chi connectivity index (χ1v) is 10.6. The van der Waals surface area contributed by atoms with Crippen LogP contribution in [0.5, 0.6) is 5.75 Å². The first-order valence-electron chi connectivity index (χ1n) is 9.94. The summed E-state index contributed by atoms with van der Waals surface area (Å²) in [6.07, 6.45) is -0.498. The number of phenolic OH excluding ortho intramolecular Hbond substituents is 1. The summed E-state index contributed by atoms with van der Waals surface area (Å²) in [6.45, 7) is 1.34. The highest BCUT2D eigenvalue weighted by Crippen LogP contribution is 2.11. The van der Waals surface area contributed by atoms with Crippen LogP contribution in [0.15, 0.2) is 24.3 Å². The highest BCUT2D eigenvalue weighted by Gasteiger charge is 2.28. The Hall–Kier alpha value is -3.32. The molecular formula is C20H28N4O8S. The lowest BCUT2D eigenvalue weighted by Gasteiger charge is -2.22. The molecule has 12 nitrogen and oxygen atoms in total. The van der Waals surface area contributed by atoms with Crippen LogP contribution in [-0.2, 0) is 30.4 Å². The lowest BCUT2D eigenvalue weighted by Crippen LogP contribution is -2.57. The first kappa shape index (κ1) is 27.7. The molecule has 0 aliphatic heterocycles. The van der Waals surface area contributed by atoms with Crippen molar-refractivity contribution < 1.29 is 39.3 Å². The summed E-state index contributed by atoms with van der Waals surface area (Å²) in [6, 6.07) is 1.09. The van der Waals surface area contributed by atoms with E-state index in [9.17, 15) is 34.2 Å². The number of thiol groups is 1. The van der Waals surface area contributed by atoms with Crippen LogP contribution in [-0.4, -0.2) is 74.9 Å². The molecule has 4 unspecified atom stereocenters. The Balaban J connectivity index is 2.67. The molecule has 182 valence electrons. The number of amides is 3.